The van der Waals surface area contributed by atoms with Gasteiger partial charge in [-0.15, -0.1) is 11.3 Å². The first-order valence-corrected chi connectivity index (χ1v) is 11.2. The molecule has 1 aliphatic rings. The van der Waals surface area contributed by atoms with Crippen LogP contribution in [0.1, 0.15) is 46.4 Å². The number of hydrogen-bond donors (Lipinski definition) is 2. The van der Waals surface area contributed by atoms with Crippen molar-refractivity contribution in [2.75, 3.05) is 33.8 Å². The number of hydrogen-bond acceptors (Lipinski definition) is 5. The SMILES string of the molecule is CN=C(NCc1nc(C)c(C)s1)NCC(c1ccccc1OC)N1CCCCC1. The lowest BCUT2D eigenvalue weighted by molar-refractivity contribution is 0.161. The second-order valence-corrected chi connectivity index (χ2v) is 8.70. The van der Waals surface area contributed by atoms with E-state index in [9.17, 15) is 0 Å². The van der Waals surface area contributed by atoms with E-state index in [0.29, 0.717) is 6.54 Å². The molecule has 1 unspecified atom stereocenters. The molecule has 0 spiro atoms. The summed E-state index contributed by atoms with van der Waals surface area (Å²) in [5.41, 5.74) is 2.34. The molecule has 6 nitrogen and oxygen atoms in total. The van der Waals surface area contributed by atoms with Gasteiger partial charge in [0.15, 0.2) is 5.96 Å². The van der Waals surface area contributed by atoms with Crippen LogP contribution in [0.3, 0.4) is 0 Å². The average Bonchev–Trinajstić information content (AvgIpc) is 3.08. The Bertz CT molecular complexity index is 794. The number of methoxy groups -OCH3 is 1. The highest BCUT2D eigenvalue weighted by molar-refractivity contribution is 7.11. The summed E-state index contributed by atoms with van der Waals surface area (Å²) in [4.78, 5) is 12.8. The maximum Gasteiger partial charge on any atom is 0.191 e. The van der Waals surface area contributed by atoms with Crippen molar-refractivity contribution in [2.24, 2.45) is 4.99 Å². The Balaban J connectivity index is 1.67. The molecule has 0 bridgehead atoms. The topological polar surface area (TPSA) is 61.8 Å². The van der Waals surface area contributed by atoms with Gasteiger partial charge in [0.1, 0.15) is 10.8 Å². The zero-order valence-corrected chi connectivity index (χ0v) is 18.8. The molecule has 0 aliphatic carbocycles. The number of likely N-dealkylation sites (tertiary alicyclic amines) is 1. The summed E-state index contributed by atoms with van der Waals surface area (Å²) in [6.07, 6.45) is 3.82. The number of nitrogens with zero attached hydrogens (tertiary/aromatic N) is 3. The molecular formula is C22H33N5OS. The summed E-state index contributed by atoms with van der Waals surface area (Å²) in [6, 6.07) is 8.59. The predicted octanol–water partition coefficient (Wildman–Crippen LogP) is 3.66. The molecule has 2 heterocycles. The zero-order valence-electron chi connectivity index (χ0n) is 18.0. The molecule has 0 saturated carbocycles. The van der Waals surface area contributed by atoms with Gasteiger partial charge < -0.3 is 15.4 Å². The van der Waals surface area contributed by atoms with E-state index in [-0.39, 0.29) is 6.04 Å². The number of piperidine rings is 1. The van der Waals surface area contributed by atoms with Gasteiger partial charge in [-0.25, -0.2) is 4.98 Å². The second kappa shape index (κ2) is 10.6. The maximum absolute atomic E-state index is 5.66. The zero-order chi connectivity index (χ0) is 20.6. The van der Waals surface area contributed by atoms with Crippen molar-refractivity contribution in [3.8, 4) is 5.75 Å². The summed E-state index contributed by atoms with van der Waals surface area (Å²) >= 11 is 1.73. The van der Waals surface area contributed by atoms with E-state index in [1.807, 2.05) is 19.2 Å². The van der Waals surface area contributed by atoms with Gasteiger partial charge in [0.25, 0.3) is 0 Å². The minimum atomic E-state index is 0.245. The van der Waals surface area contributed by atoms with Gasteiger partial charge in [0.2, 0.25) is 0 Å². The molecule has 29 heavy (non-hydrogen) atoms. The molecule has 1 aromatic heterocycles. The molecule has 0 amide bonds. The van der Waals surface area contributed by atoms with Gasteiger partial charge in [-0.1, -0.05) is 24.6 Å². The number of para-hydroxylation sites is 1. The molecular weight excluding hydrogens is 382 g/mol. The third-order valence-corrected chi connectivity index (χ3v) is 6.57. The van der Waals surface area contributed by atoms with Crippen LogP contribution in [0.15, 0.2) is 29.3 Å². The van der Waals surface area contributed by atoms with Crippen LogP contribution in [0, 0.1) is 13.8 Å². The minimum absolute atomic E-state index is 0.245. The van der Waals surface area contributed by atoms with E-state index in [4.69, 9.17) is 4.74 Å². The van der Waals surface area contributed by atoms with Crippen LogP contribution in [-0.4, -0.2) is 49.6 Å². The normalized spacial score (nSPS) is 16.5. The van der Waals surface area contributed by atoms with Gasteiger partial charge in [-0.05, 0) is 45.8 Å². The van der Waals surface area contributed by atoms with Crippen LogP contribution in [0.4, 0.5) is 0 Å². The molecule has 7 heteroatoms. The third kappa shape index (κ3) is 5.70. The number of guanidine groups is 1. The summed E-state index contributed by atoms with van der Waals surface area (Å²) in [6.45, 7) is 7.86. The lowest BCUT2D eigenvalue weighted by atomic mass is 10.0. The first-order chi connectivity index (χ1) is 14.1. The molecule has 0 radical (unpaired) electrons. The van der Waals surface area contributed by atoms with Gasteiger partial charge in [0.05, 0.1) is 25.4 Å². The van der Waals surface area contributed by atoms with Crippen LogP contribution >= 0.6 is 11.3 Å². The number of aliphatic imine (C=N–C) groups is 1. The number of benzene rings is 1. The van der Waals surface area contributed by atoms with Gasteiger partial charge in [-0.3, -0.25) is 9.89 Å². The maximum atomic E-state index is 5.66. The van der Waals surface area contributed by atoms with Gasteiger partial charge in [0, 0.05) is 24.0 Å². The second-order valence-electron chi connectivity index (χ2n) is 7.41. The largest absolute Gasteiger partial charge is 0.496 e. The predicted molar refractivity (Wildman–Crippen MR) is 121 cm³/mol. The molecule has 1 aromatic carbocycles. The van der Waals surface area contributed by atoms with Crippen LogP contribution in [-0.2, 0) is 6.54 Å². The third-order valence-electron chi connectivity index (χ3n) is 5.50. The molecule has 158 valence electrons. The number of rotatable bonds is 7. The van der Waals surface area contributed by atoms with Crippen molar-refractivity contribution in [1.82, 2.24) is 20.5 Å². The summed E-state index contributed by atoms with van der Waals surface area (Å²) in [5, 5.41) is 8.01. The number of ether oxygens (including phenoxy) is 1. The number of nitrogens with one attached hydrogen (secondary N) is 2. The smallest absolute Gasteiger partial charge is 0.191 e. The van der Waals surface area contributed by atoms with Crippen molar-refractivity contribution in [1.29, 1.82) is 0 Å². The fraction of sp³-hybridized carbons (Fsp3) is 0.545. The fourth-order valence-corrected chi connectivity index (χ4v) is 4.67. The van der Waals surface area contributed by atoms with E-state index in [2.05, 4.69) is 51.5 Å². The number of aryl methyl sites for hydroxylation is 2. The highest BCUT2D eigenvalue weighted by atomic mass is 32.1. The first-order valence-electron chi connectivity index (χ1n) is 10.4. The number of aromatic nitrogens is 1. The number of thiazole rings is 1. The Morgan fingerprint density at radius 3 is 2.62 bits per heavy atom. The Kier molecular flexibility index (Phi) is 7.89. The lowest BCUT2D eigenvalue weighted by Gasteiger charge is -2.35. The quantitative estimate of drug-likeness (QED) is 0.534. The lowest BCUT2D eigenvalue weighted by Crippen LogP contribution is -2.44. The van der Waals surface area contributed by atoms with E-state index in [1.54, 1.807) is 18.4 Å². The van der Waals surface area contributed by atoms with Crippen molar-refractivity contribution in [2.45, 2.75) is 45.7 Å². The summed E-state index contributed by atoms with van der Waals surface area (Å²) in [5.74, 6) is 1.74. The van der Waals surface area contributed by atoms with Crippen LogP contribution in [0.2, 0.25) is 0 Å². The molecule has 1 atom stereocenters. The Hall–Kier alpha value is -2.12. The molecule has 1 aliphatic heterocycles. The van der Waals surface area contributed by atoms with Gasteiger partial charge in [-0.2, -0.15) is 0 Å². The van der Waals surface area contributed by atoms with Crippen molar-refractivity contribution in [3.05, 3.63) is 45.4 Å². The first kappa shape index (κ1) is 21.6. The molecule has 1 saturated heterocycles. The van der Waals surface area contributed by atoms with Crippen molar-refractivity contribution >= 4 is 17.3 Å². The molecule has 3 rings (SSSR count). The minimum Gasteiger partial charge on any atom is -0.496 e. The van der Waals surface area contributed by atoms with Crippen molar-refractivity contribution < 1.29 is 4.74 Å². The average molecular weight is 416 g/mol. The van der Waals surface area contributed by atoms with Crippen molar-refractivity contribution in [3.63, 3.8) is 0 Å². The summed E-state index contributed by atoms with van der Waals surface area (Å²) < 4.78 is 5.66. The molecule has 1 fully saturated rings. The van der Waals surface area contributed by atoms with E-state index in [1.165, 1.54) is 29.7 Å². The standard InChI is InChI=1S/C22H33N5OS/c1-16-17(2)29-21(26-16)15-25-22(23-3)24-14-19(27-12-8-5-9-13-27)18-10-6-7-11-20(18)28-4/h6-7,10-11,19H,5,8-9,12-15H2,1-4H3,(H2,23,24,25). The van der Waals surface area contributed by atoms with Crippen LogP contribution < -0.4 is 15.4 Å². The molecule has 2 aromatic rings. The Labute approximate surface area is 178 Å². The highest BCUT2D eigenvalue weighted by Crippen LogP contribution is 2.30. The van der Waals surface area contributed by atoms with E-state index < -0.39 is 0 Å². The monoisotopic (exact) mass is 415 g/mol. The molecule has 2 N–H and O–H groups in total. The summed E-state index contributed by atoms with van der Waals surface area (Å²) in [7, 11) is 3.56. The Morgan fingerprint density at radius 1 is 1.21 bits per heavy atom. The van der Waals surface area contributed by atoms with Crippen LogP contribution in [0.5, 0.6) is 5.75 Å². The van der Waals surface area contributed by atoms with E-state index in [0.717, 1.165) is 42.0 Å². The highest BCUT2D eigenvalue weighted by Gasteiger charge is 2.25. The van der Waals surface area contributed by atoms with Gasteiger partial charge >= 0.3 is 0 Å². The van der Waals surface area contributed by atoms with Crippen LogP contribution in [0.25, 0.3) is 0 Å². The fourth-order valence-electron chi connectivity index (χ4n) is 3.80. The van der Waals surface area contributed by atoms with E-state index >= 15 is 0 Å². The Morgan fingerprint density at radius 2 is 1.97 bits per heavy atom.